The Labute approximate surface area is 91.4 Å². The van der Waals surface area contributed by atoms with Gasteiger partial charge < -0.3 is 9.47 Å². The van der Waals surface area contributed by atoms with Crippen LogP contribution in [0.5, 0.6) is 0 Å². The smallest absolute Gasteiger partial charge is 0.335 e. The molecule has 0 atom stereocenters. The minimum atomic E-state index is -0.340. The zero-order valence-electron chi connectivity index (χ0n) is 9.46. The van der Waals surface area contributed by atoms with E-state index in [1.807, 2.05) is 0 Å². The molecule has 0 radical (unpaired) electrons. The van der Waals surface area contributed by atoms with Crippen LogP contribution in [0.3, 0.4) is 0 Å². The van der Waals surface area contributed by atoms with Crippen LogP contribution in [0.25, 0.3) is 0 Å². The molecule has 0 amide bonds. The van der Waals surface area contributed by atoms with E-state index in [2.05, 4.69) is 6.58 Å². The fraction of sp³-hybridized carbons (Fsp3) is 0.750. The predicted molar refractivity (Wildman–Crippen MR) is 58.6 cm³/mol. The van der Waals surface area contributed by atoms with Crippen LogP contribution in [-0.2, 0) is 14.3 Å². The van der Waals surface area contributed by atoms with E-state index in [0.717, 1.165) is 12.8 Å². The first kappa shape index (κ1) is 12.2. The molecule has 3 heteroatoms. The highest BCUT2D eigenvalue weighted by Gasteiger charge is 2.15. The summed E-state index contributed by atoms with van der Waals surface area (Å²) in [7, 11) is 0. The highest BCUT2D eigenvalue weighted by molar-refractivity contribution is 5.87. The first-order valence-electron chi connectivity index (χ1n) is 5.70. The third-order valence-corrected chi connectivity index (χ3v) is 2.61. The first-order chi connectivity index (χ1) is 7.24. The molecule has 0 aromatic carbocycles. The van der Waals surface area contributed by atoms with Crippen molar-refractivity contribution in [3.63, 3.8) is 0 Å². The molecular weight excluding hydrogens is 192 g/mol. The maximum atomic E-state index is 11.2. The summed E-state index contributed by atoms with van der Waals surface area (Å²) in [5.74, 6) is -0.340. The number of hydrogen-bond donors (Lipinski definition) is 0. The lowest BCUT2D eigenvalue weighted by Crippen LogP contribution is -2.20. The molecule has 0 spiro atoms. The number of rotatable bonds is 5. The van der Waals surface area contributed by atoms with E-state index in [-0.39, 0.29) is 5.97 Å². The van der Waals surface area contributed by atoms with Crippen LogP contribution >= 0.6 is 0 Å². The van der Waals surface area contributed by atoms with Crippen LogP contribution in [0.4, 0.5) is 0 Å². The molecule has 86 valence electrons. The van der Waals surface area contributed by atoms with Crippen molar-refractivity contribution >= 4 is 5.97 Å². The van der Waals surface area contributed by atoms with Gasteiger partial charge in [-0.1, -0.05) is 25.8 Å². The second kappa shape index (κ2) is 6.62. The van der Waals surface area contributed by atoms with Crippen molar-refractivity contribution in [3.8, 4) is 0 Å². The molecule has 0 aliphatic heterocycles. The van der Waals surface area contributed by atoms with Gasteiger partial charge in [0.2, 0.25) is 0 Å². The summed E-state index contributed by atoms with van der Waals surface area (Å²) < 4.78 is 10.4. The lowest BCUT2D eigenvalue weighted by atomic mass is 9.98. The van der Waals surface area contributed by atoms with E-state index >= 15 is 0 Å². The van der Waals surface area contributed by atoms with Gasteiger partial charge in [0.25, 0.3) is 0 Å². The molecule has 3 nitrogen and oxygen atoms in total. The Morgan fingerprint density at radius 1 is 1.33 bits per heavy atom. The third kappa shape index (κ3) is 4.47. The number of ether oxygens (including phenoxy) is 2. The highest BCUT2D eigenvalue weighted by atomic mass is 16.5. The summed E-state index contributed by atoms with van der Waals surface area (Å²) in [4.78, 5) is 11.2. The van der Waals surface area contributed by atoms with Crippen LogP contribution in [-0.4, -0.2) is 25.3 Å². The SMILES string of the molecule is C=C(COC1CCCCC1)C(=O)OCC. The van der Waals surface area contributed by atoms with Gasteiger partial charge in [0.05, 0.1) is 24.9 Å². The van der Waals surface area contributed by atoms with Crippen molar-refractivity contribution in [2.24, 2.45) is 0 Å². The quantitative estimate of drug-likeness (QED) is 0.518. The Kier molecular flexibility index (Phi) is 5.40. The molecule has 0 bridgehead atoms. The monoisotopic (exact) mass is 212 g/mol. The fourth-order valence-electron chi connectivity index (χ4n) is 1.74. The van der Waals surface area contributed by atoms with Gasteiger partial charge in [-0.15, -0.1) is 0 Å². The Morgan fingerprint density at radius 3 is 2.60 bits per heavy atom. The lowest BCUT2D eigenvalue weighted by molar-refractivity contribution is -0.139. The summed E-state index contributed by atoms with van der Waals surface area (Å²) in [5.41, 5.74) is 0.419. The minimum Gasteiger partial charge on any atom is -0.463 e. The van der Waals surface area contributed by atoms with E-state index in [9.17, 15) is 4.79 Å². The summed E-state index contributed by atoms with van der Waals surface area (Å²) in [5, 5.41) is 0. The molecule has 1 saturated carbocycles. The Hall–Kier alpha value is -0.830. The first-order valence-corrected chi connectivity index (χ1v) is 5.70. The predicted octanol–water partition coefficient (Wildman–Crippen LogP) is 2.46. The van der Waals surface area contributed by atoms with Crippen LogP contribution in [0.2, 0.25) is 0 Å². The van der Waals surface area contributed by atoms with Crippen molar-refractivity contribution in [2.45, 2.75) is 45.1 Å². The molecule has 0 N–H and O–H groups in total. The van der Waals surface area contributed by atoms with E-state index in [0.29, 0.717) is 24.9 Å². The van der Waals surface area contributed by atoms with Gasteiger partial charge in [-0.25, -0.2) is 4.79 Å². The van der Waals surface area contributed by atoms with Crippen LogP contribution in [0.1, 0.15) is 39.0 Å². The van der Waals surface area contributed by atoms with Gasteiger partial charge in [-0.3, -0.25) is 0 Å². The number of hydrogen-bond acceptors (Lipinski definition) is 3. The van der Waals surface area contributed by atoms with Crippen LogP contribution < -0.4 is 0 Å². The van der Waals surface area contributed by atoms with Gasteiger partial charge in [-0.05, 0) is 19.8 Å². The van der Waals surface area contributed by atoms with Gasteiger partial charge >= 0.3 is 5.97 Å². The van der Waals surface area contributed by atoms with E-state index < -0.39 is 0 Å². The van der Waals surface area contributed by atoms with E-state index in [4.69, 9.17) is 9.47 Å². The lowest BCUT2D eigenvalue weighted by Gasteiger charge is -2.22. The average Bonchev–Trinajstić information content (AvgIpc) is 2.27. The van der Waals surface area contributed by atoms with E-state index in [1.165, 1.54) is 19.3 Å². The highest BCUT2D eigenvalue weighted by Crippen LogP contribution is 2.20. The Morgan fingerprint density at radius 2 is 2.00 bits per heavy atom. The van der Waals surface area contributed by atoms with Gasteiger partial charge in [0.1, 0.15) is 0 Å². The molecule has 1 aliphatic rings. The second-order valence-corrected chi connectivity index (χ2v) is 3.90. The average molecular weight is 212 g/mol. The molecule has 1 rings (SSSR count). The largest absolute Gasteiger partial charge is 0.463 e. The molecule has 0 aromatic heterocycles. The van der Waals surface area contributed by atoms with Crippen molar-refractivity contribution < 1.29 is 14.3 Å². The summed E-state index contributed by atoms with van der Waals surface area (Å²) in [6, 6.07) is 0. The molecule has 1 aliphatic carbocycles. The minimum absolute atomic E-state index is 0.309. The summed E-state index contributed by atoms with van der Waals surface area (Å²) in [6.45, 7) is 6.14. The standard InChI is InChI=1S/C12H20O3/c1-3-14-12(13)10(2)9-15-11-7-5-4-6-8-11/h11H,2-9H2,1H3. The number of carbonyl (C=O) groups excluding carboxylic acids is 1. The maximum absolute atomic E-state index is 11.2. The summed E-state index contributed by atoms with van der Waals surface area (Å²) >= 11 is 0. The number of esters is 1. The van der Waals surface area contributed by atoms with Crippen molar-refractivity contribution in [3.05, 3.63) is 12.2 Å². The third-order valence-electron chi connectivity index (χ3n) is 2.61. The topological polar surface area (TPSA) is 35.5 Å². The normalized spacial score (nSPS) is 17.4. The van der Waals surface area contributed by atoms with Crippen molar-refractivity contribution in [1.82, 2.24) is 0 Å². The van der Waals surface area contributed by atoms with Crippen molar-refractivity contribution in [1.29, 1.82) is 0 Å². The van der Waals surface area contributed by atoms with Gasteiger partial charge in [0.15, 0.2) is 0 Å². The van der Waals surface area contributed by atoms with Gasteiger partial charge in [0, 0.05) is 0 Å². The zero-order valence-corrected chi connectivity index (χ0v) is 9.46. The van der Waals surface area contributed by atoms with Crippen LogP contribution in [0, 0.1) is 0 Å². The molecule has 0 heterocycles. The molecular formula is C12H20O3. The van der Waals surface area contributed by atoms with Gasteiger partial charge in [-0.2, -0.15) is 0 Å². The molecule has 1 fully saturated rings. The Balaban J connectivity index is 2.17. The molecule has 0 unspecified atom stereocenters. The zero-order chi connectivity index (χ0) is 11.1. The maximum Gasteiger partial charge on any atom is 0.335 e. The van der Waals surface area contributed by atoms with E-state index in [1.54, 1.807) is 6.92 Å². The Bertz CT molecular complexity index is 217. The number of carbonyl (C=O) groups is 1. The second-order valence-electron chi connectivity index (χ2n) is 3.90. The van der Waals surface area contributed by atoms with Crippen LogP contribution in [0.15, 0.2) is 12.2 Å². The molecule has 0 aromatic rings. The molecule has 15 heavy (non-hydrogen) atoms. The fourth-order valence-corrected chi connectivity index (χ4v) is 1.74. The summed E-state index contributed by atoms with van der Waals surface area (Å²) in [6.07, 6.45) is 6.29. The van der Waals surface area contributed by atoms with Crippen molar-refractivity contribution in [2.75, 3.05) is 13.2 Å². The molecule has 0 saturated heterocycles.